The molecule has 1 fully saturated rings. The first-order valence-electron chi connectivity index (χ1n) is 8.94. The maximum Gasteiger partial charge on any atom is 0.409 e. The lowest BCUT2D eigenvalue weighted by Gasteiger charge is -2.30. The molecule has 1 atom stereocenters. The molecule has 4 nitrogen and oxygen atoms in total. The largest absolute Gasteiger partial charge is 0.493 e. The zero-order chi connectivity index (χ0) is 19.8. The third-order valence-corrected chi connectivity index (χ3v) is 4.72. The number of nitrogens with zero attached hydrogens (tertiary/aromatic N) is 1. The molecule has 1 N–H and O–H groups in total. The molecule has 2 aromatic rings. The van der Waals surface area contributed by atoms with Gasteiger partial charge in [0.1, 0.15) is 5.75 Å². The molecular weight excluding hydrogens is 357 g/mol. The number of rotatable bonds is 5. The Morgan fingerprint density at radius 2 is 1.85 bits per heavy atom. The van der Waals surface area contributed by atoms with Crippen LogP contribution >= 0.6 is 0 Å². The summed E-state index contributed by atoms with van der Waals surface area (Å²) in [4.78, 5) is 12.1. The van der Waals surface area contributed by atoms with Crippen LogP contribution in [-0.4, -0.2) is 30.2 Å². The van der Waals surface area contributed by atoms with Crippen molar-refractivity contribution >= 4 is 16.7 Å². The van der Waals surface area contributed by atoms with Gasteiger partial charge in [0.25, 0.3) is 0 Å². The SMILES string of the molecule is CCCOc1cccc2c(C(N3CC(C)(C)C(=O)N3)C(F)(F)F)cccc12. The van der Waals surface area contributed by atoms with Gasteiger partial charge in [0.15, 0.2) is 6.04 Å². The summed E-state index contributed by atoms with van der Waals surface area (Å²) in [6.45, 7) is 5.69. The summed E-state index contributed by atoms with van der Waals surface area (Å²) in [5.41, 5.74) is 1.62. The number of hydrazine groups is 1. The molecule has 0 spiro atoms. The number of hydrogen-bond acceptors (Lipinski definition) is 3. The van der Waals surface area contributed by atoms with Crippen LogP contribution in [0.3, 0.4) is 0 Å². The average Bonchev–Trinajstić information content (AvgIpc) is 2.84. The Kier molecular flexibility index (Phi) is 5.08. The van der Waals surface area contributed by atoms with Gasteiger partial charge in [0.2, 0.25) is 5.91 Å². The lowest BCUT2D eigenvalue weighted by atomic mass is 9.93. The fourth-order valence-corrected chi connectivity index (χ4v) is 3.38. The van der Waals surface area contributed by atoms with E-state index in [9.17, 15) is 18.0 Å². The Morgan fingerprint density at radius 3 is 2.44 bits per heavy atom. The Balaban J connectivity index is 2.11. The molecule has 1 aliphatic heterocycles. The van der Waals surface area contributed by atoms with Crippen LogP contribution in [-0.2, 0) is 4.79 Å². The highest BCUT2D eigenvalue weighted by molar-refractivity contribution is 5.91. The predicted molar refractivity (Wildman–Crippen MR) is 97.2 cm³/mol. The summed E-state index contributed by atoms with van der Waals surface area (Å²) in [5.74, 6) is 0.145. The van der Waals surface area contributed by atoms with Crippen molar-refractivity contribution in [2.75, 3.05) is 13.2 Å². The van der Waals surface area contributed by atoms with Gasteiger partial charge >= 0.3 is 6.18 Å². The Labute approximate surface area is 156 Å². The second-order valence-corrected chi connectivity index (χ2v) is 7.44. The number of hydrogen-bond donors (Lipinski definition) is 1. The van der Waals surface area contributed by atoms with E-state index in [1.165, 1.54) is 6.07 Å². The summed E-state index contributed by atoms with van der Waals surface area (Å²) in [5, 5.41) is 2.09. The quantitative estimate of drug-likeness (QED) is 0.824. The van der Waals surface area contributed by atoms with E-state index in [4.69, 9.17) is 4.74 Å². The predicted octanol–water partition coefficient (Wildman–Crippen LogP) is 4.61. The van der Waals surface area contributed by atoms with Crippen LogP contribution in [0.15, 0.2) is 36.4 Å². The molecule has 27 heavy (non-hydrogen) atoms. The highest BCUT2D eigenvalue weighted by atomic mass is 19.4. The first-order chi connectivity index (χ1) is 12.6. The molecule has 1 amide bonds. The third kappa shape index (κ3) is 3.74. The first kappa shape index (κ1) is 19.5. The zero-order valence-electron chi connectivity index (χ0n) is 15.6. The van der Waals surface area contributed by atoms with Gasteiger partial charge in [-0.05, 0) is 37.3 Å². The van der Waals surface area contributed by atoms with Crippen molar-refractivity contribution in [3.63, 3.8) is 0 Å². The van der Waals surface area contributed by atoms with E-state index in [-0.39, 0.29) is 12.1 Å². The molecule has 1 unspecified atom stereocenters. The van der Waals surface area contributed by atoms with E-state index in [1.54, 1.807) is 44.2 Å². The van der Waals surface area contributed by atoms with Crippen LogP contribution in [0.25, 0.3) is 10.8 Å². The molecule has 0 bridgehead atoms. The molecule has 0 aliphatic carbocycles. The van der Waals surface area contributed by atoms with E-state index >= 15 is 0 Å². The lowest BCUT2D eigenvalue weighted by Crippen LogP contribution is -2.43. The molecule has 0 radical (unpaired) electrons. The van der Waals surface area contributed by atoms with Crippen molar-refractivity contribution in [3.05, 3.63) is 42.0 Å². The number of ether oxygens (including phenoxy) is 1. The maximum absolute atomic E-state index is 14.0. The molecule has 1 heterocycles. The van der Waals surface area contributed by atoms with Gasteiger partial charge in [0, 0.05) is 11.9 Å². The summed E-state index contributed by atoms with van der Waals surface area (Å²) >= 11 is 0. The number of halogens is 3. The van der Waals surface area contributed by atoms with Crippen LogP contribution in [0.5, 0.6) is 5.75 Å². The number of carbonyl (C=O) groups excluding carboxylic acids is 1. The van der Waals surface area contributed by atoms with Gasteiger partial charge in [0.05, 0.1) is 12.0 Å². The molecule has 7 heteroatoms. The molecule has 3 rings (SSSR count). The molecule has 1 aliphatic rings. The highest BCUT2D eigenvalue weighted by Crippen LogP contribution is 2.43. The van der Waals surface area contributed by atoms with Crippen molar-refractivity contribution in [2.24, 2.45) is 5.41 Å². The average molecular weight is 380 g/mol. The van der Waals surface area contributed by atoms with Crippen LogP contribution in [0.1, 0.15) is 38.8 Å². The summed E-state index contributed by atoms with van der Waals surface area (Å²) in [6, 6.07) is 7.98. The molecule has 2 aromatic carbocycles. The number of carbonyl (C=O) groups is 1. The fourth-order valence-electron chi connectivity index (χ4n) is 3.38. The van der Waals surface area contributed by atoms with Gasteiger partial charge in [-0.3, -0.25) is 10.2 Å². The second kappa shape index (κ2) is 7.03. The Bertz CT molecular complexity index is 849. The van der Waals surface area contributed by atoms with E-state index in [0.717, 1.165) is 11.4 Å². The summed E-state index contributed by atoms with van der Waals surface area (Å²) in [7, 11) is 0. The highest BCUT2D eigenvalue weighted by Gasteiger charge is 2.51. The smallest absolute Gasteiger partial charge is 0.409 e. The van der Waals surface area contributed by atoms with E-state index in [2.05, 4.69) is 5.43 Å². The van der Waals surface area contributed by atoms with Crippen LogP contribution in [0.2, 0.25) is 0 Å². The molecule has 146 valence electrons. The van der Waals surface area contributed by atoms with Crippen LogP contribution < -0.4 is 10.2 Å². The Morgan fingerprint density at radius 1 is 1.19 bits per heavy atom. The Hall–Kier alpha value is -2.28. The van der Waals surface area contributed by atoms with Gasteiger partial charge < -0.3 is 4.74 Å². The molecule has 0 aromatic heterocycles. The fraction of sp³-hybridized carbons (Fsp3) is 0.450. The van der Waals surface area contributed by atoms with Crippen molar-refractivity contribution in [2.45, 2.75) is 39.4 Å². The van der Waals surface area contributed by atoms with Crippen molar-refractivity contribution in [1.82, 2.24) is 10.4 Å². The van der Waals surface area contributed by atoms with Gasteiger partial charge in [-0.1, -0.05) is 37.3 Å². The number of nitrogens with one attached hydrogen (secondary N) is 1. The molecule has 0 saturated carbocycles. The van der Waals surface area contributed by atoms with Crippen LogP contribution in [0, 0.1) is 5.41 Å². The van der Waals surface area contributed by atoms with Gasteiger partial charge in [-0.2, -0.15) is 13.2 Å². The van der Waals surface area contributed by atoms with Gasteiger partial charge in [-0.25, -0.2) is 5.01 Å². The number of alkyl halides is 3. The molecule has 1 saturated heterocycles. The topological polar surface area (TPSA) is 41.6 Å². The lowest BCUT2D eigenvalue weighted by molar-refractivity contribution is -0.191. The summed E-state index contributed by atoms with van der Waals surface area (Å²) in [6.07, 6.45) is -3.75. The maximum atomic E-state index is 14.0. The standard InChI is InChI=1S/C20H23F3N2O2/c1-4-11-27-16-10-6-7-13-14(16)8-5-9-15(13)17(20(21,22)23)25-12-19(2,3)18(26)24-25/h5-10,17H,4,11-12H2,1-3H3,(H,24,26). The zero-order valence-corrected chi connectivity index (χ0v) is 15.6. The number of fused-ring (bicyclic) bond motifs is 1. The van der Waals surface area contributed by atoms with Crippen molar-refractivity contribution < 1.29 is 22.7 Å². The molecular formula is C20H23F3N2O2. The van der Waals surface area contributed by atoms with Crippen molar-refractivity contribution in [1.29, 1.82) is 0 Å². The normalized spacial score (nSPS) is 18.5. The van der Waals surface area contributed by atoms with Crippen molar-refractivity contribution in [3.8, 4) is 5.75 Å². The first-order valence-corrected chi connectivity index (χ1v) is 8.94. The minimum absolute atomic E-state index is 0.0293. The minimum atomic E-state index is -4.55. The minimum Gasteiger partial charge on any atom is -0.493 e. The van der Waals surface area contributed by atoms with E-state index < -0.39 is 23.5 Å². The number of benzene rings is 2. The summed E-state index contributed by atoms with van der Waals surface area (Å²) < 4.78 is 47.8. The van der Waals surface area contributed by atoms with Gasteiger partial charge in [-0.15, -0.1) is 0 Å². The van der Waals surface area contributed by atoms with E-state index in [1.807, 2.05) is 6.92 Å². The van der Waals surface area contributed by atoms with E-state index in [0.29, 0.717) is 23.1 Å². The second-order valence-electron chi connectivity index (χ2n) is 7.44. The monoisotopic (exact) mass is 380 g/mol. The number of amides is 1. The third-order valence-electron chi connectivity index (χ3n) is 4.72. The van der Waals surface area contributed by atoms with Crippen LogP contribution in [0.4, 0.5) is 13.2 Å².